The maximum absolute atomic E-state index is 11.5. The minimum absolute atomic E-state index is 0.0752. The van der Waals surface area contributed by atoms with E-state index in [0.717, 1.165) is 0 Å². The Bertz CT molecular complexity index is 416. The van der Waals surface area contributed by atoms with Crippen molar-refractivity contribution in [3.05, 3.63) is 23.8 Å². The highest BCUT2D eigenvalue weighted by molar-refractivity contribution is 5.73. The Morgan fingerprint density at radius 2 is 2.06 bits per heavy atom. The van der Waals surface area contributed by atoms with Gasteiger partial charge in [-0.15, -0.1) is 0 Å². The largest absolute Gasteiger partial charge is 0.504 e. The molecule has 18 heavy (non-hydrogen) atoms. The molecule has 2 unspecified atom stereocenters. The summed E-state index contributed by atoms with van der Waals surface area (Å²) in [6.07, 6.45) is -0.570. The normalized spacial score (nSPS) is 13.8. The van der Waals surface area contributed by atoms with Crippen molar-refractivity contribution in [3.63, 3.8) is 0 Å². The summed E-state index contributed by atoms with van der Waals surface area (Å²) in [6, 6.07) is 4.53. The lowest BCUT2D eigenvalue weighted by atomic mass is 9.93. The van der Waals surface area contributed by atoms with E-state index >= 15 is 0 Å². The molecule has 1 aromatic carbocycles. The maximum atomic E-state index is 11.5. The first-order valence-corrected chi connectivity index (χ1v) is 5.67. The number of hydrogen-bond donors (Lipinski definition) is 2. The molecule has 0 amide bonds. The van der Waals surface area contributed by atoms with Gasteiger partial charge >= 0.3 is 5.97 Å². The second kappa shape index (κ2) is 6.26. The number of hydrogen-bond acceptors (Lipinski definition) is 5. The number of aliphatic hydroxyl groups is 1. The lowest BCUT2D eigenvalue weighted by Gasteiger charge is -2.20. The number of methoxy groups -OCH3 is 2. The highest BCUT2D eigenvalue weighted by Gasteiger charge is 2.27. The quantitative estimate of drug-likeness (QED) is 0.781. The Morgan fingerprint density at radius 1 is 1.39 bits per heavy atom. The number of ether oxygens (including phenoxy) is 2. The van der Waals surface area contributed by atoms with Crippen LogP contribution in [-0.2, 0) is 9.53 Å². The molecule has 1 aromatic rings. The summed E-state index contributed by atoms with van der Waals surface area (Å²) in [7, 11) is 2.72. The van der Waals surface area contributed by atoms with Crippen LogP contribution in [0.25, 0.3) is 0 Å². The Kier molecular flexibility index (Phi) is 4.97. The second-order valence-corrected chi connectivity index (χ2v) is 3.91. The summed E-state index contributed by atoms with van der Waals surface area (Å²) in [5.41, 5.74) is 0.450. The summed E-state index contributed by atoms with van der Waals surface area (Å²) >= 11 is 0. The second-order valence-electron chi connectivity index (χ2n) is 3.91. The zero-order valence-corrected chi connectivity index (χ0v) is 10.7. The number of aliphatic hydroxyl groups excluding tert-OH is 1. The van der Waals surface area contributed by atoms with Gasteiger partial charge in [-0.25, -0.2) is 0 Å². The van der Waals surface area contributed by atoms with Crippen LogP contribution < -0.4 is 4.74 Å². The Balaban J connectivity index is 2.98. The summed E-state index contributed by atoms with van der Waals surface area (Å²) in [6.45, 7) is 1.79. The highest BCUT2D eigenvalue weighted by atomic mass is 16.5. The zero-order chi connectivity index (χ0) is 13.7. The van der Waals surface area contributed by atoms with Gasteiger partial charge in [0, 0.05) is 0 Å². The molecule has 1 rings (SSSR count). The number of benzene rings is 1. The molecule has 0 bridgehead atoms. The molecule has 0 aliphatic heterocycles. The number of carbonyl (C=O) groups is 1. The van der Waals surface area contributed by atoms with Crippen molar-refractivity contribution >= 4 is 5.97 Å². The van der Waals surface area contributed by atoms with Gasteiger partial charge in [0.2, 0.25) is 0 Å². The SMILES string of the molecule is CCC(C(=O)OC)C(O)c1ccc(OC)c(O)c1. The standard InChI is InChI=1S/C13H18O5/c1-4-9(13(16)18-3)12(15)8-5-6-11(17-2)10(14)7-8/h5-7,9,12,14-15H,4H2,1-3H3. The van der Waals surface area contributed by atoms with Crippen molar-refractivity contribution in [1.82, 2.24) is 0 Å². The fourth-order valence-corrected chi connectivity index (χ4v) is 1.79. The van der Waals surface area contributed by atoms with Crippen LogP contribution >= 0.6 is 0 Å². The Morgan fingerprint density at radius 3 is 2.50 bits per heavy atom. The first kappa shape index (κ1) is 14.3. The van der Waals surface area contributed by atoms with Gasteiger partial charge in [0.25, 0.3) is 0 Å². The summed E-state index contributed by atoms with van der Waals surface area (Å²) in [5, 5.41) is 19.8. The van der Waals surface area contributed by atoms with Crippen LogP contribution in [0.2, 0.25) is 0 Å². The number of phenols is 1. The highest BCUT2D eigenvalue weighted by Crippen LogP contribution is 2.32. The molecule has 0 aromatic heterocycles. The number of carbonyl (C=O) groups excluding carboxylic acids is 1. The monoisotopic (exact) mass is 254 g/mol. The molecule has 0 heterocycles. The molecule has 100 valence electrons. The predicted molar refractivity (Wildman–Crippen MR) is 65.4 cm³/mol. The zero-order valence-electron chi connectivity index (χ0n) is 10.7. The van der Waals surface area contributed by atoms with E-state index in [2.05, 4.69) is 4.74 Å². The first-order valence-electron chi connectivity index (χ1n) is 5.67. The third-order valence-electron chi connectivity index (χ3n) is 2.87. The molecule has 0 spiro atoms. The molecular formula is C13H18O5. The minimum Gasteiger partial charge on any atom is -0.504 e. The van der Waals surface area contributed by atoms with E-state index in [0.29, 0.717) is 17.7 Å². The van der Waals surface area contributed by atoms with Gasteiger partial charge in [-0.05, 0) is 24.1 Å². The van der Waals surface area contributed by atoms with Crippen molar-refractivity contribution in [1.29, 1.82) is 0 Å². The third kappa shape index (κ3) is 2.92. The summed E-state index contributed by atoms with van der Waals surface area (Å²) in [4.78, 5) is 11.5. The van der Waals surface area contributed by atoms with Gasteiger partial charge in [0.05, 0.1) is 26.2 Å². The average molecular weight is 254 g/mol. The summed E-state index contributed by atoms with van der Waals surface area (Å²) in [5.74, 6) is -0.881. The van der Waals surface area contributed by atoms with Crippen LogP contribution in [0.1, 0.15) is 25.0 Å². The van der Waals surface area contributed by atoms with Crippen molar-refractivity contribution in [3.8, 4) is 11.5 Å². The van der Waals surface area contributed by atoms with Gasteiger partial charge in [0.15, 0.2) is 11.5 Å². The molecule has 0 radical (unpaired) electrons. The van der Waals surface area contributed by atoms with Crippen molar-refractivity contribution in [2.75, 3.05) is 14.2 Å². The fraction of sp³-hybridized carbons (Fsp3) is 0.462. The molecule has 5 heteroatoms. The fourth-order valence-electron chi connectivity index (χ4n) is 1.79. The molecule has 0 aliphatic rings. The van der Waals surface area contributed by atoms with E-state index in [1.165, 1.54) is 26.4 Å². The topological polar surface area (TPSA) is 76.0 Å². The van der Waals surface area contributed by atoms with Crippen molar-refractivity contribution in [2.45, 2.75) is 19.4 Å². The van der Waals surface area contributed by atoms with Gasteiger partial charge in [-0.3, -0.25) is 4.79 Å². The van der Waals surface area contributed by atoms with Gasteiger partial charge in [0.1, 0.15) is 0 Å². The molecule has 2 N–H and O–H groups in total. The van der Waals surface area contributed by atoms with E-state index in [-0.39, 0.29) is 5.75 Å². The van der Waals surface area contributed by atoms with Crippen LogP contribution in [0, 0.1) is 5.92 Å². The molecule has 0 saturated carbocycles. The minimum atomic E-state index is -1.01. The smallest absolute Gasteiger partial charge is 0.311 e. The molecule has 0 aliphatic carbocycles. The lowest BCUT2D eigenvalue weighted by Crippen LogP contribution is -2.22. The van der Waals surface area contributed by atoms with E-state index in [9.17, 15) is 15.0 Å². The van der Waals surface area contributed by atoms with Crippen LogP contribution in [0.3, 0.4) is 0 Å². The lowest BCUT2D eigenvalue weighted by molar-refractivity contribution is -0.149. The van der Waals surface area contributed by atoms with Gasteiger partial charge in [-0.1, -0.05) is 13.0 Å². The number of esters is 1. The molecule has 2 atom stereocenters. The van der Waals surface area contributed by atoms with Gasteiger partial charge < -0.3 is 19.7 Å². The van der Waals surface area contributed by atoms with Crippen LogP contribution in [0.5, 0.6) is 11.5 Å². The van der Waals surface area contributed by atoms with Crippen molar-refractivity contribution in [2.24, 2.45) is 5.92 Å². The third-order valence-corrected chi connectivity index (χ3v) is 2.87. The van der Waals surface area contributed by atoms with Gasteiger partial charge in [-0.2, -0.15) is 0 Å². The number of rotatable bonds is 5. The van der Waals surface area contributed by atoms with Crippen LogP contribution in [0.4, 0.5) is 0 Å². The number of phenolic OH excluding ortho intramolecular Hbond substituents is 1. The van der Waals surface area contributed by atoms with E-state index in [1.54, 1.807) is 13.0 Å². The Hall–Kier alpha value is -1.75. The molecule has 5 nitrogen and oxygen atoms in total. The molecule has 0 fully saturated rings. The van der Waals surface area contributed by atoms with Crippen LogP contribution in [0.15, 0.2) is 18.2 Å². The maximum Gasteiger partial charge on any atom is 0.311 e. The van der Waals surface area contributed by atoms with E-state index < -0.39 is 18.0 Å². The Labute approximate surface area is 106 Å². The van der Waals surface area contributed by atoms with E-state index in [1.807, 2.05) is 0 Å². The van der Waals surface area contributed by atoms with E-state index in [4.69, 9.17) is 4.74 Å². The van der Waals surface area contributed by atoms with Crippen LogP contribution in [-0.4, -0.2) is 30.4 Å². The van der Waals surface area contributed by atoms with Crippen molar-refractivity contribution < 1.29 is 24.5 Å². The molecule has 0 saturated heterocycles. The predicted octanol–water partition coefficient (Wildman–Crippen LogP) is 1.63. The number of aromatic hydroxyl groups is 1. The average Bonchev–Trinajstić information content (AvgIpc) is 2.38. The summed E-state index contributed by atoms with van der Waals surface area (Å²) < 4.78 is 9.55. The molecular weight excluding hydrogens is 236 g/mol. The first-order chi connectivity index (χ1) is 8.54.